The molecule has 0 aliphatic carbocycles. The summed E-state index contributed by atoms with van der Waals surface area (Å²) in [6.45, 7) is 2.59. The number of carbonyl (C=O) groups is 1. The normalized spacial score (nSPS) is 12.5. The van der Waals surface area contributed by atoms with Crippen LogP contribution in [0.15, 0.2) is 48.5 Å². The lowest BCUT2D eigenvalue weighted by Gasteiger charge is -2.25. The summed E-state index contributed by atoms with van der Waals surface area (Å²) in [4.78, 5) is 12.9. The molecule has 2 aromatic rings. The fourth-order valence-electron chi connectivity index (χ4n) is 2.74. The maximum Gasteiger partial charge on any atom is 0.243 e. The van der Waals surface area contributed by atoms with Crippen LogP contribution in [0.3, 0.4) is 0 Å². The van der Waals surface area contributed by atoms with Crippen molar-refractivity contribution < 1.29 is 22.7 Å². The van der Waals surface area contributed by atoms with E-state index >= 15 is 0 Å². The molecule has 0 fully saturated rings. The third kappa shape index (κ3) is 5.46. The van der Waals surface area contributed by atoms with Crippen LogP contribution in [0.25, 0.3) is 0 Å². The Morgan fingerprint density at radius 1 is 1.14 bits per heavy atom. The van der Waals surface area contributed by atoms with Crippen molar-refractivity contribution in [2.24, 2.45) is 0 Å². The maximum absolute atomic E-state index is 12.9. The second kappa shape index (κ2) is 9.57. The lowest BCUT2D eigenvalue weighted by Crippen LogP contribution is -2.41. The molecule has 0 aliphatic heterocycles. The van der Waals surface area contributed by atoms with Crippen LogP contribution in [0.1, 0.15) is 24.1 Å². The van der Waals surface area contributed by atoms with E-state index < -0.39 is 22.0 Å². The summed E-state index contributed by atoms with van der Waals surface area (Å²) < 4.78 is 35.9. The van der Waals surface area contributed by atoms with Crippen molar-refractivity contribution in [1.29, 1.82) is 0 Å². The standard InChI is InChI=1S/C20H26N2O5S/c1-5-27-18-13-15(11-12-17(18)26-3)14-21-20(23)19(22(2)28(4,24)25)16-9-7-6-8-10-16/h6-13,19H,5,14H2,1-4H3,(H,21,23)/t19-/m0/s1. The third-order valence-corrected chi connectivity index (χ3v) is 5.50. The van der Waals surface area contributed by atoms with Crippen LogP contribution in [0.2, 0.25) is 0 Å². The molecule has 0 spiro atoms. The first-order valence-electron chi connectivity index (χ1n) is 8.83. The van der Waals surface area contributed by atoms with Gasteiger partial charge in [0.15, 0.2) is 11.5 Å². The van der Waals surface area contributed by atoms with Crippen LogP contribution in [0, 0.1) is 0 Å². The summed E-state index contributed by atoms with van der Waals surface area (Å²) in [5.74, 6) is 0.786. The van der Waals surface area contributed by atoms with Crippen LogP contribution in [0.4, 0.5) is 0 Å². The van der Waals surface area contributed by atoms with Crippen LogP contribution in [0.5, 0.6) is 11.5 Å². The Balaban J connectivity index is 2.21. The highest BCUT2D eigenvalue weighted by Crippen LogP contribution is 2.28. The van der Waals surface area contributed by atoms with E-state index in [1.165, 1.54) is 7.05 Å². The van der Waals surface area contributed by atoms with Gasteiger partial charge in [-0.3, -0.25) is 4.79 Å². The van der Waals surface area contributed by atoms with E-state index in [2.05, 4.69) is 5.32 Å². The number of rotatable bonds is 9. The second-order valence-corrected chi connectivity index (χ2v) is 8.27. The minimum Gasteiger partial charge on any atom is -0.493 e. The number of benzene rings is 2. The molecular weight excluding hydrogens is 380 g/mol. The molecule has 0 aliphatic rings. The van der Waals surface area contributed by atoms with Crippen molar-refractivity contribution in [1.82, 2.24) is 9.62 Å². The molecule has 2 aromatic carbocycles. The Labute approximate surface area is 166 Å². The molecule has 0 saturated carbocycles. The van der Waals surface area contributed by atoms with Gasteiger partial charge in [-0.05, 0) is 30.2 Å². The summed E-state index contributed by atoms with van der Waals surface area (Å²) in [5, 5.41) is 2.82. The van der Waals surface area contributed by atoms with Crippen molar-refractivity contribution >= 4 is 15.9 Å². The first-order chi connectivity index (χ1) is 13.3. The van der Waals surface area contributed by atoms with Gasteiger partial charge in [0.2, 0.25) is 15.9 Å². The molecular formula is C20H26N2O5S. The van der Waals surface area contributed by atoms with Crippen molar-refractivity contribution in [2.45, 2.75) is 19.5 Å². The van der Waals surface area contributed by atoms with Gasteiger partial charge in [-0.2, -0.15) is 4.31 Å². The number of likely N-dealkylation sites (N-methyl/N-ethyl adjacent to an activating group) is 1. The molecule has 7 nitrogen and oxygen atoms in total. The molecule has 152 valence electrons. The Kier molecular flexibility index (Phi) is 7.42. The van der Waals surface area contributed by atoms with Crippen molar-refractivity contribution in [2.75, 3.05) is 27.0 Å². The Bertz CT molecular complexity index is 900. The highest BCUT2D eigenvalue weighted by atomic mass is 32.2. The monoisotopic (exact) mass is 406 g/mol. The minimum atomic E-state index is -3.57. The molecule has 28 heavy (non-hydrogen) atoms. The Hall–Kier alpha value is -2.58. The number of sulfonamides is 1. The van der Waals surface area contributed by atoms with Gasteiger partial charge in [0.05, 0.1) is 20.0 Å². The fourth-order valence-corrected chi connectivity index (χ4v) is 3.34. The Morgan fingerprint density at radius 2 is 1.82 bits per heavy atom. The first-order valence-corrected chi connectivity index (χ1v) is 10.7. The lowest BCUT2D eigenvalue weighted by molar-refractivity contribution is -0.125. The van der Waals surface area contributed by atoms with E-state index in [4.69, 9.17) is 9.47 Å². The summed E-state index contributed by atoms with van der Waals surface area (Å²) in [6.07, 6.45) is 1.08. The number of ether oxygens (including phenoxy) is 2. The number of amides is 1. The van der Waals surface area contributed by atoms with E-state index in [0.717, 1.165) is 16.1 Å². The third-order valence-electron chi connectivity index (χ3n) is 4.25. The molecule has 0 radical (unpaired) electrons. The van der Waals surface area contributed by atoms with Crippen molar-refractivity contribution in [3.8, 4) is 11.5 Å². The van der Waals surface area contributed by atoms with E-state index in [0.29, 0.717) is 23.7 Å². The van der Waals surface area contributed by atoms with Gasteiger partial charge >= 0.3 is 0 Å². The average molecular weight is 407 g/mol. The maximum atomic E-state index is 12.9. The molecule has 1 atom stereocenters. The summed E-state index contributed by atoms with van der Waals surface area (Å²) >= 11 is 0. The molecule has 1 N–H and O–H groups in total. The van der Waals surface area contributed by atoms with E-state index in [9.17, 15) is 13.2 Å². The zero-order valence-corrected chi connectivity index (χ0v) is 17.3. The summed E-state index contributed by atoms with van der Waals surface area (Å²) in [7, 11) is -0.609. The van der Waals surface area contributed by atoms with Gasteiger partial charge in [0, 0.05) is 13.6 Å². The van der Waals surface area contributed by atoms with Gasteiger partial charge in [-0.25, -0.2) is 8.42 Å². The van der Waals surface area contributed by atoms with Crippen LogP contribution in [-0.4, -0.2) is 45.7 Å². The SMILES string of the molecule is CCOc1cc(CNC(=O)[C@H](c2ccccc2)N(C)S(C)(=O)=O)ccc1OC. The molecule has 0 unspecified atom stereocenters. The predicted molar refractivity (Wildman–Crippen MR) is 108 cm³/mol. The highest BCUT2D eigenvalue weighted by Gasteiger charge is 2.30. The number of hydrogen-bond acceptors (Lipinski definition) is 5. The molecule has 8 heteroatoms. The van der Waals surface area contributed by atoms with Gasteiger partial charge in [-0.15, -0.1) is 0 Å². The number of carbonyl (C=O) groups excluding carboxylic acids is 1. The number of nitrogens with one attached hydrogen (secondary N) is 1. The smallest absolute Gasteiger partial charge is 0.243 e. The van der Waals surface area contributed by atoms with Gasteiger partial charge in [-0.1, -0.05) is 36.4 Å². The van der Waals surface area contributed by atoms with Crippen molar-refractivity contribution in [3.63, 3.8) is 0 Å². The fraction of sp³-hybridized carbons (Fsp3) is 0.350. The Morgan fingerprint density at radius 3 is 2.39 bits per heavy atom. The molecule has 0 saturated heterocycles. The quantitative estimate of drug-likeness (QED) is 0.691. The predicted octanol–water partition coefficient (Wildman–Crippen LogP) is 2.34. The van der Waals surface area contributed by atoms with E-state index in [1.807, 2.05) is 19.1 Å². The van der Waals surface area contributed by atoms with Crippen LogP contribution < -0.4 is 14.8 Å². The van der Waals surface area contributed by atoms with Gasteiger partial charge in [0.25, 0.3) is 0 Å². The lowest BCUT2D eigenvalue weighted by atomic mass is 10.1. The number of hydrogen-bond donors (Lipinski definition) is 1. The zero-order valence-electron chi connectivity index (χ0n) is 16.5. The van der Waals surface area contributed by atoms with E-state index in [1.54, 1.807) is 43.5 Å². The van der Waals surface area contributed by atoms with Crippen LogP contribution in [-0.2, 0) is 21.4 Å². The van der Waals surface area contributed by atoms with E-state index in [-0.39, 0.29) is 6.54 Å². The molecule has 0 heterocycles. The van der Waals surface area contributed by atoms with Gasteiger partial charge < -0.3 is 14.8 Å². The first kappa shape index (κ1) is 21.7. The topological polar surface area (TPSA) is 84.9 Å². The zero-order chi connectivity index (χ0) is 20.7. The molecule has 2 rings (SSSR count). The molecule has 0 bridgehead atoms. The second-order valence-electron chi connectivity index (χ2n) is 6.23. The summed E-state index contributed by atoms with van der Waals surface area (Å²) in [5.41, 5.74) is 1.41. The molecule has 1 amide bonds. The average Bonchev–Trinajstić information content (AvgIpc) is 2.67. The highest BCUT2D eigenvalue weighted by molar-refractivity contribution is 7.88. The molecule has 0 aromatic heterocycles. The van der Waals surface area contributed by atoms with Crippen molar-refractivity contribution in [3.05, 3.63) is 59.7 Å². The van der Waals surface area contributed by atoms with Crippen LogP contribution >= 0.6 is 0 Å². The number of nitrogens with zero attached hydrogens (tertiary/aromatic N) is 1. The largest absolute Gasteiger partial charge is 0.493 e. The minimum absolute atomic E-state index is 0.226. The summed E-state index contributed by atoms with van der Waals surface area (Å²) in [6, 6.07) is 13.2. The van der Waals surface area contributed by atoms with Gasteiger partial charge in [0.1, 0.15) is 6.04 Å². The number of methoxy groups -OCH3 is 1.